The predicted molar refractivity (Wildman–Crippen MR) is 110 cm³/mol. The van der Waals surface area contributed by atoms with Crippen molar-refractivity contribution < 1.29 is 17.5 Å². The molecule has 0 aliphatic carbocycles. The first kappa shape index (κ1) is 20.7. The summed E-state index contributed by atoms with van der Waals surface area (Å²) in [5.74, 6) is -0.370. The van der Waals surface area contributed by atoms with E-state index in [0.29, 0.717) is 40.2 Å². The number of anilines is 1. The second kappa shape index (κ2) is 8.12. The van der Waals surface area contributed by atoms with Gasteiger partial charge in [0.25, 0.3) is 0 Å². The van der Waals surface area contributed by atoms with Crippen molar-refractivity contribution in [2.75, 3.05) is 18.1 Å². The average Bonchev–Trinajstić information content (AvgIpc) is 2.68. The monoisotopic (exact) mass is 416 g/mol. The fraction of sp³-hybridized carbons (Fsp3) is 0.250. The summed E-state index contributed by atoms with van der Waals surface area (Å²) >= 11 is 0. The van der Waals surface area contributed by atoms with E-state index < -0.39 is 15.8 Å². The fourth-order valence-electron chi connectivity index (χ4n) is 3.00. The van der Waals surface area contributed by atoms with Gasteiger partial charge in [0.15, 0.2) is 11.6 Å². The second-order valence-electron chi connectivity index (χ2n) is 6.48. The largest absolute Gasteiger partial charge is 0.494 e. The van der Waals surface area contributed by atoms with Gasteiger partial charge in [-0.05, 0) is 37.6 Å². The van der Waals surface area contributed by atoms with Gasteiger partial charge in [-0.15, -0.1) is 0 Å². The highest BCUT2D eigenvalue weighted by molar-refractivity contribution is 7.92. The van der Waals surface area contributed by atoms with Gasteiger partial charge in [-0.3, -0.25) is 9.71 Å². The molecule has 0 saturated carbocycles. The molecule has 2 aromatic heterocycles. The van der Waals surface area contributed by atoms with Crippen molar-refractivity contribution in [3.05, 3.63) is 54.0 Å². The number of sulfonamides is 1. The summed E-state index contributed by atoms with van der Waals surface area (Å²) in [7, 11) is -2.07. The number of aromatic nitrogens is 3. The van der Waals surface area contributed by atoms with Crippen LogP contribution in [0.1, 0.15) is 18.3 Å². The van der Waals surface area contributed by atoms with Crippen molar-refractivity contribution >= 4 is 15.7 Å². The lowest BCUT2D eigenvalue weighted by Gasteiger charge is -2.15. The van der Waals surface area contributed by atoms with Crippen molar-refractivity contribution in [3.8, 4) is 28.1 Å². The number of methoxy groups -OCH3 is 1. The maximum atomic E-state index is 14.3. The first-order valence-corrected chi connectivity index (χ1v) is 10.7. The summed E-state index contributed by atoms with van der Waals surface area (Å²) in [6.45, 7) is 3.65. The molecule has 2 heterocycles. The van der Waals surface area contributed by atoms with Gasteiger partial charge in [0, 0.05) is 22.9 Å². The minimum Gasteiger partial charge on any atom is -0.494 e. The lowest BCUT2D eigenvalue weighted by molar-refractivity contribution is 0.386. The van der Waals surface area contributed by atoms with Gasteiger partial charge in [0.05, 0.1) is 36.1 Å². The van der Waals surface area contributed by atoms with E-state index in [1.165, 1.54) is 25.6 Å². The number of hydrogen-bond donors (Lipinski definition) is 1. The zero-order valence-corrected chi connectivity index (χ0v) is 17.3. The van der Waals surface area contributed by atoms with E-state index in [4.69, 9.17) is 4.74 Å². The molecule has 29 heavy (non-hydrogen) atoms. The van der Waals surface area contributed by atoms with E-state index in [9.17, 15) is 12.8 Å². The Morgan fingerprint density at radius 2 is 1.90 bits per heavy atom. The van der Waals surface area contributed by atoms with Crippen LogP contribution in [0.4, 0.5) is 10.1 Å². The van der Waals surface area contributed by atoms with E-state index in [2.05, 4.69) is 19.7 Å². The number of benzene rings is 1. The number of rotatable bonds is 6. The normalized spacial score (nSPS) is 11.3. The lowest BCUT2D eigenvalue weighted by atomic mass is 9.97. The van der Waals surface area contributed by atoms with Gasteiger partial charge in [-0.25, -0.2) is 22.8 Å². The Kier molecular flexibility index (Phi) is 5.78. The molecule has 0 fully saturated rings. The highest BCUT2D eigenvalue weighted by Crippen LogP contribution is 2.35. The molecule has 0 amide bonds. The fourth-order valence-corrected chi connectivity index (χ4v) is 3.61. The third-order valence-corrected chi connectivity index (χ3v) is 4.95. The van der Waals surface area contributed by atoms with Gasteiger partial charge in [-0.1, -0.05) is 6.92 Å². The van der Waals surface area contributed by atoms with Crippen LogP contribution < -0.4 is 9.46 Å². The molecular formula is C20H21FN4O3S. The Morgan fingerprint density at radius 1 is 1.14 bits per heavy atom. The van der Waals surface area contributed by atoms with Gasteiger partial charge in [0.1, 0.15) is 6.33 Å². The van der Waals surface area contributed by atoms with Crippen molar-refractivity contribution in [2.24, 2.45) is 0 Å². The molecule has 3 rings (SSSR count). The van der Waals surface area contributed by atoms with E-state index in [0.717, 1.165) is 11.9 Å². The summed E-state index contributed by atoms with van der Waals surface area (Å²) in [6, 6.07) is 6.28. The molecule has 1 N–H and O–H groups in total. The minimum absolute atomic E-state index is 0.136. The van der Waals surface area contributed by atoms with E-state index in [1.54, 1.807) is 25.3 Å². The van der Waals surface area contributed by atoms with Crippen molar-refractivity contribution in [1.82, 2.24) is 15.0 Å². The summed E-state index contributed by atoms with van der Waals surface area (Å²) in [6.07, 6.45) is 4.74. The Bertz CT molecular complexity index is 1170. The van der Waals surface area contributed by atoms with Crippen LogP contribution in [0.5, 0.6) is 5.75 Å². The maximum absolute atomic E-state index is 14.3. The predicted octanol–water partition coefficient (Wildman–Crippen LogP) is 3.60. The van der Waals surface area contributed by atoms with E-state index >= 15 is 0 Å². The molecule has 3 aromatic rings. The summed E-state index contributed by atoms with van der Waals surface area (Å²) < 4.78 is 45.1. The summed E-state index contributed by atoms with van der Waals surface area (Å²) in [5, 5.41) is 0. The molecule has 0 aliphatic heterocycles. The smallest absolute Gasteiger partial charge is 0.229 e. The maximum Gasteiger partial charge on any atom is 0.229 e. The highest BCUT2D eigenvalue weighted by Gasteiger charge is 2.18. The lowest BCUT2D eigenvalue weighted by Crippen LogP contribution is -2.11. The zero-order valence-electron chi connectivity index (χ0n) is 16.5. The first-order chi connectivity index (χ1) is 13.7. The van der Waals surface area contributed by atoms with Crippen molar-refractivity contribution in [2.45, 2.75) is 20.3 Å². The number of aryl methyl sites for hydroxylation is 2. The Morgan fingerprint density at radius 3 is 2.52 bits per heavy atom. The Hall–Kier alpha value is -3.07. The van der Waals surface area contributed by atoms with Crippen molar-refractivity contribution in [3.63, 3.8) is 0 Å². The molecule has 9 heteroatoms. The quantitative estimate of drug-likeness (QED) is 0.660. The molecule has 0 unspecified atom stereocenters. The molecule has 0 saturated heterocycles. The molecular weight excluding hydrogens is 395 g/mol. The average molecular weight is 416 g/mol. The molecule has 0 radical (unpaired) electrons. The molecule has 1 aromatic carbocycles. The van der Waals surface area contributed by atoms with Gasteiger partial charge in [0.2, 0.25) is 10.0 Å². The second-order valence-corrected chi connectivity index (χ2v) is 8.23. The van der Waals surface area contributed by atoms with Crippen LogP contribution >= 0.6 is 0 Å². The minimum atomic E-state index is -3.47. The Balaban J connectivity index is 2.22. The van der Waals surface area contributed by atoms with Crippen LogP contribution in [0.15, 0.2) is 36.8 Å². The zero-order chi connectivity index (χ0) is 21.2. The third-order valence-electron chi connectivity index (χ3n) is 4.36. The SMILES string of the molecule is CCc1ncnc(-c2ccc(OC)c(F)c2)c1-c1cnc(C)c(NS(C)(=O)=O)c1. The molecule has 0 aliphatic rings. The molecule has 152 valence electrons. The number of nitrogens with one attached hydrogen (secondary N) is 1. The van der Waals surface area contributed by atoms with Crippen LogP contribution in [-0.4, -0.2) is 36.7 Å². The van der Waals surface area contributed by atoms with Crippen LogP contribution in [-0.2, 0) is 16.4 Å². The first-order valence-electron chi connectivity index (χ1n) is 8.86. The number of ether oxygens (including phenoxy) is 1. The van der Waals surface area contributed by atoms with E-state index in [1.807, 2.05) is 6.92 Å². The summed E-state index contributed by atoms with van der Waals surface area (Å²) in [5.41, 5.74) is 4.01. The molecule has 7 nitrogen and oxygen atoms in total. The van der Waals surface area contributed by atoms with Gasteiger partial charge in [-0.2, -0.15) is 0 Å². The van der Waals surface area contributed by atoms with Gasteiger partial charge >= 0.3 is 0 Å². The number of hydrogen-bond acceptors (Lipinski definition) is 6. The summed E-state index contributed by atoms with van der Waals surface area (Å²) in [4.78, 5) is 13.0. The molecule has 0 atom stereocenters. The topological polar surface area (TPSA) is 94.1 Å². The third kappa shape index (κ3) is 4.51. The number of pyridine rings is 1. The Labute approximate surface area is 169 Å². The molecule has 0 bridgehead atoms. The van der Waals surface area contributed by atoms with Crippen LogP contribution in [0.3, 0.4) is 0 Å². The van der Waals surface area contributed by atoms with E-state index in [-0.39, 0.29) is 5.75 Å². The van der Waals surface area contributed by atoms with Gasteiger partial charge < -0.3 is 4.74 Å². The van der Waals surface area contributed by atoms with Crippen LogP contribution in [0, 0.1) is 12.7 Å². The van der Waals surface area contributed by atoms with Crippen molar-refractivity contribution in [1.29, 1.82) is 0 Å². The van der Waals surface area contributed by atoms with Crippen LogP contribution in [0.2, 0.25) is 0 Å². The molecule has 0 spiro atoms. The standard InChI is InChI=1S/C20H21FN4O3S/c1-5-16-19(14-9-17(12(2)22-10-14)25-29(4,26)27)20(24-11-23-16)13-6-7-18(28-3)15(21)8-13/h6-11,25H,5H2,1-4H3. The number of halogens is 1. The number of nitrogens with zero attached hydrogens (tertiary/aromatic N) is 3. The van der Waals surface area contributed by atoms with Crippen LogP contribution in [0.25, 0.3) is 22.4 Å². The highest BCUT2D eigenvalue weighted by atomic mass is 32.2.